The van der Waals surface area contributed by atoms with E-state index in [0.717, 1.165) is 0 Å². The molecule has 2 rings (SSSR count). The molecule has 0 saturated carbocycles. The third-order valence-electron chi connectivity index (χ3n) is 2.37. The van der Waals surface area contributed by atoms with Gasteiger partial charge in [0.1, 0.15) is 11.5 Å². The first-order chi connectivity index (χ1) is 7.70. The summed E-state index contributed by atoms with van der Waals surface area (Å²) in [6.07, 6.45) is 0.0142. The minimum atomic E-state index is -0.546. The van der Waals surface area contributed by atoms with Gasteiger partial charge < -0.3 is 19.9 Å². The number of ether oxygens (including phenoxy) is 3. The second-order valence-electron chi connectivity index (χ2n) is 3.47. The quantitative estimate of drug-likeness (QED) is 0.610. The summed E-state index contributed by atoms with van der Waals surface area (Å²) in [6.45, 7) is 0.402. The van der Waals surface area contributed by atoms with Gasteiger partial charge in [0.15, 0.2) is 6.10 Å². The Bertz CT molecular complexity index is 405. The Morgan fingerprint density at radius 3 is 2.88 bits per heavy atom. The molecule has 0 aromatic heterocycles. The number of cyclic esters (lactones) is 1. The fourth-order valence-corrected chi connectivity index (χ4v) is 1.50. The van der Waals surface area contributed by atoms with Gasteiger partial charge in [-0.3, -0.25) is 0 Å². The Balaban J connectivity index is 2.12. The average molecular weight is 223 g/mol. The monoisotopic (exact) mass is 223 g/mol. The highest BCUT2D eigenvalue weighted by atomic mass is 16.6. The Morgan fingerprint density at radius 1 is 1.50 bits per heavy atom. The first-order valence-corrected chi connectivity index (χ1v) is 4.97. The van der Waals surface area contributed by atoms with Crippen LogP contribution in [-0.4, -0.2) is 25.8 Å². The minimum Gasteiger partial charge on any atom is -0.497 e. The lowest BCUT2D eigenvalue weighted by Crippen LogP contribution is -2.22. The van der Waals surface area contributed by atoms with E-state index in [4.69, 9.17) is 19.9 Å². The van der Waals surface area contributed by atoms with Crippen molar-refractivity contribution in [3.05, 3.63) is 18.2 Å². The third kappa shape index (κ3) is 2.03. The molecule has 1 aliphatic rings. The molecule has 86 valence electrons. The van der Waals surface area contributed by atoms with E-state index in [-0.39, 0.29) is 5.97 Å². The largest absolute Gasteiger partial charge is 0.497 e. The molecule has 5 heteroatoms. The van der Waals surface area contributed by atoms with Gasteiger partial charge in [-0.05, 0) is 12.1 Å². The summed E-state index contributed by atoms with van der Waals surface area (Å²) in [5.74, 6) is 0.790. The van der Waals surface area contributed by atoms with Gasteiger partial charge in [0.2, 0.25) is 0 Å². The molecule has 0 bridgehead atoms. The molecule has 0 spiro atoms. The van der Waals surface area contributed by atoms with Crippen LogP contribution in [0.25, 0.3) is 0 Å². The molecule has 0 aliphatic carbocycles. The van der Waals surface area contributed by atoms with E-state index in [0.29, 0.717) is 30.2 Å². The maximum Gasteiger partial charge on any atom is 0.347 e. The number of carbonyl (C=O) groups is 1. The van der Waals surface area contributed by atoms with Gasteiger partial charge in [-0.15, -0.1) is 0 Å². The van der Waals surface area contributed by atoms with E-state index in [9.17, 15) is 4.79 Å². The number of anilines is 1. The van der Waals surface area contributed by atoms with Crippen molar-refractivity contribution in [2.45, 2.75) is 12.5 Å². The SMILES string of the molecule is COc1ccc(OC2CCOC2=O)c(N)c1. The van der Waals surface area contributed by atoms with Gasteiger partial charge >= 0.3 is 5.97 Å². The number of nitrogens with two attached hydrogens (primary N) is 1. The van der Waals surface area contributed by atoms with Gasteiger partial charge in [0.05, 0.1) is 19.4 Å². The predicted molar refractivity (Wildman–Crippen MR) is 57.4 cm³/mol. The summed E-state index contributed by atoms with van der Waals surface area (Å²) in [7, 11) is 1.56. The topological polar surface area (TPSA) is 70.8 Å². The zero-order valence-corrected chi connectivity index (χ0v) is 8.93. The summed E-state index contributed by atoms with van der Waals surface area (Å²) >= 11 is 0. The number of methoxy groups -OCH3 is 1. The number of nitrogen functional groups attached to an aromatic ring is 1. The van der Waals surface area contributed by atoms with Gasteiger partial charge in [-0.2, -0.15) is 0 Å². The smallest absolute Gasteiger partial charge is 0.347 e. The van der Waals surface area contributed by atoms with Crippen molar-refractivity contribution in [2.24, 2.45) is 0 Å². The minimum absolute atomic E-state index is 0.338. The van der Waals surface area contributed by atoms with Gasteiger partial charge in [-0.25, -0.2) is 4.79 Å². The molecule has 1 saturated heterocycles. The highest BCUT2D eigenvalue weighted by Crippen LogP contribution is 2.28. The average Bonchev–Trinajstić information content (AvgIpc) is 2.67. The van der Waals surface area contributed by atoms with Gasteiger partial charge in [0, 0.05) is 12.5 Å². The van der Waals surface area contributed by atoms with Crippen LogP contribution < -0.4 is 15.2 Å². The number of carbonyl (C=O) groups excluding carboxylic acids is 1. The fourth-order valence-electron chi connectivity index (χ4n) is 1.50. The number of hydrogen-bond donors (Lipinski definition) is 1. The van der Waals surface area contributed by atoms with Crippen LogP contribution in [0.15, 0.2) is 18.2 Å². The summed E-state index contributed by atoms with van der Waals surface area (Å²) in [4.78, 5) is 11.2. The van der Waals surface area contributed by atoms with Crippen LogP contribution in [0.5, 0.6) is 11.5 Å². The Kier molecular flexibility index (Phi) is 2.85. The van der Waals surface area contributed by atoms with Crippen molar-refractivity contribution < 1.29 is 19.0 Å². The first-order valence-electron chi connectivity index (χ1n) is 4.97. The Hall–Kier alpha value is -1.91. The molecule has 16 heavy (non-hydrogen) atoms. The Labute approximate surface area is 93.1 Å². The summed E-state index contributed by atoms with van der Waals surface area (Å²) in [6, 6.07) is 5.06. The van der Waals surface area contributed by atoms with Crippen molar-refractivity contribution in [1.82, 2.24) is 0 Å². The lowest BCUT2D eigenvalue weighted by Gasteiger charge is -2.12. The molecule has 1 aliphatic heterocycles. The van der Waals surface area contributed by atoms with Gasteiger partial charge in [0.25, 0.3) is 0 Å². The third-order valence-corrected chi connectivity index (χ3v) is 2.37. The van der Waals surface area contributed by atoms with Crippen molar-refractivity contribution in [1.29, 1.82) is 0 Å². The number of hydrogen-bond acceptors (Lipinski definition) is 5. The molecular weight excluding hydrogens is 210 g/mol. The van der Waals surface area contributed by atoms with Crippen LogP contribution in [0.4, 0.5) is 5.69 Å². The second kappa shape index (κ2) is 4.30. The number of esters is 1. The standard InChI is InChI=1S/C11H13NO4/c1-14-7-2-3-9(8(12)6-7)16-10-4-5-15-11(10)13/h2-3,6,10H,4-5,12H2,1H3. The lowest BCUT2D eigenvalue weighted by atomic mass is 10.2. The van der Waals surface area contributed by atoms with E-state index >= 15 is 0 Å². The van der Waals surface area contributed by atoms with E-state index in [2.05, 4.69) is 0 Å². The van der Waals surface area contributed by atoms with Crippen molar-refractivity contribution in [3.63, 3.8) is 0 Å². The lowest BCUT2D eigenvalue weighted by molar-refractivity contribution is -0.143. The molecule has 5 nitrogen and oxygen atoms in total. The van der Waals surface area contributed by atoms with E-state index in [1.165, 1.54) is 0 Å². The van der Waals surface area contributed by atoms with Crippen LogP contribution in [0.1, 0.15) is 6.42 Å². The number of benzene rings is 1. The molecule has 2 N–H and O–H groups in total. The molecule has 0 amide bonds. The van der Waals surface area contributed by atoms with E-state index < -0.39 is 6.10 Å². The van der Waals surface area contributed by atoms with Gasteiger partial charge in [-0.1, -0.05) is 0 Å². The molecule has 1 fully saturated rings. The molecule has 1 heterocycles. The maximum absolute atomic E-state index is 11.2. The molecule has 1 aromatic carbocycles. The summed E-state index contributed by atoms with van der Waals surface area (Å²) < 4.78 is 15.3. The van der Waals surface area contributed by atoms with E-state index in [1.54, 1.807) is 25.3 Å². The van der Waals surface area contributed by atoms with Crippen LogP contribution in [0.3, 0.4) is 0 Å². The molecule has 1 atom stereocenters. The molecular formula is C11H13NO4. The molecule has 1 unspecified atom stereocenters. The Morgan fingerprint density at radius 2 is 2.31 bits per heavy atom. The second-order valence-corrected chi connectivity index (χ2v) is 3.47. The normalized spacial score (nSPS) is 19.3. The summed E-state index contributed by atoms with van der Waals surface area (Å²) in [5.41, 5.74) is 6.21. The van der Waals surface area contributed by atoms with Crippen molar-refractivity contribution >= 4 is 11.7 Å². The zero-order chi connectivity index (χ0) is 11.5. The van der Waals surface area contributed by atoms with Crippen LogP contribution in [0, 0.1) is 0 Å². The zero-order valence-electron chi connectivity index (χ0n) is 8.93. The molecule has 1 aromatic rings. The van der Waals surface area contributed by atoms with Crippen LogP contribution in [0.2, 0.25) is 0 Å². The van der Waals surface area contributed by atoms with E-state index in [1.807, 2.05) is 0 Å². The first kappa shape index (κ1) is 10.6. The molecule has 0 radical (unpaired) electrons. The predicted octanol–water partition coefficient (Wildman–Crippen LogP) is 0.972. The van der Waals surface area contributed by atoms with Crippen LogP contribution in [-0.2, 0) is 9.53 Å². The number of rotatable bonds is 3. The fraction of sp³-hybridized carbons (Fsp3) is 0.364. The summed E-state index contributed by atoms with van der Waals surface area (Å²) in [5, 5.41) is 0. The maximum atomic E-state index is 11.2. The van der Waals surface area contributed by atoms with Crippen molar-refractivity contribution in [3.8, 4) is 11.5 Å². The highest BCUT2D eigenvalue weighted by molar-refractivity contribution is 5.77. The van der Waals surface area contributed by atoms with Crippen LogP contribution >= 0.6 is 0 Å². The highest BCUT2D eigenvalue weighted by Gasteiger charge is 2.28. The van der Waals surface area contributed by atoms with Crippen molar-refractivity contribution in [2.75, 3.05) is 19.5 Å².